The maximum Gasteiger partial charge on any atom is 0.230 e. The Morgan fingerprint density at radius 2 is 1.89 bits per heavy atom. The third-order valence-electron chi connectivity index (χ3n) is 6.99. The Labute approximate surface area is 234 Å². The second-order valence-corrected chi connectivity index (χ2v) is 12.2. The van der Waals surface area contributed by atoms with E-state index in [1.54, 1.807) is 11.3 Å². The number of halogens is 1. The Kier molecular flexibility index (Phi) is 7.37. The molecule has 3 heterocycles. The molecule has 6 rings (SSSR count). The topological polar surface area (TPSA) is 72.2 Å². The highest BCUT2D eigenvalue weighted by Gasteiger charge is 2.25. The molecule has 6 nitrogen and oxygen atoms in total. The maximum absolute atomic E-state index is 12.8. The first-order valence-electron chi connectivity index (χ1n) is 13.0. The number of rotatable bonds is 8. The number of nitrogens with one attached hydrogen (secondary N) is 1. The Morgan fingerprint density at radius 3 is 2.74 bits per heavy atom. The van der Waals surface area contributed by atoms with Crippen molar-refractivity contribution in [1.82, 2.24) is 24.9 Å². The third-order valence-corrected chi connectivity index (χ3v) is 9.44. The predicted molar refractivity (Wildman–Crippen MR) is 156 cm³/mol. The van der Waals surface area contributed by atoms with Crippen molar-refractivity contribution in [2.75, 3.05) is 5.75 Å². The first-order valence-corrected chi connectivity index (χ1v) is 15.2. The fourth-order valence-corrected chi connectivity index (χ4v) is 7.31. The number of fused-ring (bicyclic) bond motifs is 5. The monoisotopic (exact) mass is 561 g/mol. The van der Waals surface area contributed by atoms with Gasteiger partial charge in [0.1, 0.15) is 4.83 Å². The fraction of sp³-hybridized carbons (Fsp3) is 0.310. The molecule has 5 aromatic rings. The highest BCUT2D eigenvalue weighted by molar-refractivity contribution is 7.99. The van der Waals surface area contributed by atoms with Gasteiger partial charge >= 0.3 is 0 Å². The summed E-state index contributed by atoms with van der Waals surface area (Å²) in [5.74, 6) is 0.937. The van der Waals surface area contributed by atoms with E-state index in [1.807, 2.05) is 53.8 Å². The number of hydrogen-bond acceptors (Lipinski definition) is 6. The van der Waals surface area contributed by atoms with Crippen molar-refractivity contribution in [2.24, 2.45) is 0 Å². The zero-order valence-corrected chi connectivity index (χ0v) is 23.5. The molecule has 9 heteroatoms. The lowest BCUT2D eigenvalue weighted by Gasteiger charge is -2.14. The molecular weight excluding hydrogens is 534 g/mol. The van der Waals surface area contributed by atoms with Crippen LogP contribution in [0.4, 0.5) is 0 Å². The molecule has 1 N–H and O–H groups in total. The van der Waals surface area contributed by atoms with Gasteiger partial charge in [-0.05, 0) is 68.7 Å². The average molecular weight is 562 g/mol. The standard InChI is InChI=1S/C29H28ClN5OS2/c1-18(15-16-19-9-3-2-4-10-19)31-24(36)17-37-29-34-33-27-25-21-12-6-8-14-23(21)38-28(25)32-26(35(27)29)20-11-5-7-13-22(20)30/h2-5,7,9-11,13,18H,6,8,12,14-17H2,1H3,(H,31,36)/t18-/m0/s1. The van der Waals surface area contributed by atoms with E-state index in [0.717, 1.165) is 47.1 Å². The molecule has 0 saturated heterocycles. The number of aromatic nitrogens is 4. The van der Waals surface area contributed by atoms with Gasteiger partial charge in [0.15, 0.2) is 16.6 Å². The van der Waals surface area contributed by atoms with Crippen LogP contribution < -0.4 is 5.32 Å². The van der Waals surface area contributed by atoms with Crippen LogP contribution in [0.2, 0.25) is 5.02 Å². The smallest absolute Gasteiger partial charge is 0.230 e. The van der Waals surface area contributed by atoms with Crippen molar-refractivity contribution < 1.29 is 4.79 Å². The summed E-state index contributed by atoms with van der Waals surface area (Å²) >= 11 is 9.77. The van der Waals surface area contributed by atoms with Gasteiger partial charge in [0, 0.05) is 16.5 Å². The molecule has 0 unspecified atom stereocenters. The van der Waals surface area contributed by atoms with Crippen LogP contribution in [-0.4, -0.2) is 37.3 Å². The minimum Gasteiger partial charge on any atom is -0.353 e. The number of hydrogen-bond donors (Lipinski definition) is 1. The molecule has 1 aliphatic rings. The van der Waals surface area contributed by atoms with Crippen molar-refractivity contribution in [3.05, 3.63) is 75.6 Å². The number of aryl methyl sites for hydroxylation is 3. The van der Waals surface area contributed by atoms with Crippen LogP contribution in [0, 0.1) is 0 Å². The summed E-state index contributed by atoms with van der Waals surface area (Å²) < 4.78 is 1.99. The lowest BCUT2D eigenvalue weighted by Crippen LogP contribution is -2.34. The van der Waals surface area contributed by atoms with Crippen molar-refractivity contribution in [2.45, 2.75) is 56.6 Å². The van der Waals surface area contributed by atoms with E-state index in [0.29, 0.717) is 16.0 Å². The Bertz CT molecular complexity index is 1610. The number of carbonyl (C=O) groups is 1. The molecule has 2 aromatic carbocycles. The summed E-state index contributed by atoms with van der Waals surface area (Å²) in [6.07, 6.45) is 6.32. The quantitative estimate of drug-likeness (QED) is 0.212. The highest BCUT2D eigenvalue weighted by atomic mass is 35.5. The summed E-state index contributed by atoms with van der Waals surface area (Å²) in [6, 6.07) is 18.1. The SMILES string of the molecule is C[C@@H](CCc1ccccc1)NC(=O)CSc1nnc2c3c4c(sc3nc(-c3ccccc3Cl)n12)CCCC4. The minimum absolute atomic E-state index is 0.0199. The average Bonchev–Trinajstić information content (AvgIpc) is 3.52. The first kappa shape index (κ1) is 25.3. The molecule has 38 heavy (non-hydrogen) atoms. The van der Waals surface area contributed by atoms with Crippen molar-refractivity contribution in [3.63, 3.8) is 0 Å². The van der Waals surface area contributed by atoms with Crippen LogP contribution in [-0.2, 0) is 24.1 Å². The summed E-state index contributed by atoms with van der Waals surface area (Å²) in [7, 11) is 0. The number of benzene rings is 2. The lowest BCUT2D eigenvalue weighted by atomic mass is 9.97. The summed E-state index contributed by atoms with van der Waals surface area (Å²) in [4.78, 5) is 20.3. The highest BCUT2D eigenvalue weighted by Crippen LogP contribution is 2.40. The molecule has 3 aromatic heterocycles. The molecule has 0 bridgehead atoms. The van der Waals surface area contributed by atoms with Gasteiger partial charge < -0.3 is 5.32 Å². The van der Waals surface area contributed by atoms with Crippen molar-refractivity contribution >= 4 is 56.5 Å². The van der Waals surface area contributed by atoms with E-state index in [2.05, 4.69) is 27.6 Å². The maximum atomic E-state index is 12.8. The molecule has 0 saturated carbocycles. The molecule has 1 amide bonds. The van der Waals surface area contributed by atoms with E-state index < -0.39 is 0 Å². The number of thiophene rings is 1. The minimum atomic E-state index is -0.0199. The van der Waals surface area contributed by atoms with Gasteiger partial charge in [0.05, 0.1) is 16.2 Å². The molecule has 1 atom stereocenters. The Morgan fingerprint density at radius 1 is 1.11 bits per heavy atom. The van der Waals surface area contributed by atoms with Crippen molar-refractivity contribution in [1.29, 1.82) is 0 Å². The molecule has 1 aliphatic carbocycles. The molecule has 0 aliphatic heterocycles. The van der Waals surface area contributed by atoms with Gasteiger partial charge in [-0.15, -0.1) is 21.5 Å². The number of amides is 1. The zero-order chi connectivity index (χ0) is 26.1. The van der Waals surface area contributed by atoms with Crippen LogP contribution >= 0.6 is 34.7 Å². The van der Waals surface area contributed by atoms with Crippen molar-refractivity contribution in [3.8, 4) is 11.4 Å². The second-order valence-electron chi connectivity index (χ2n) is 9.73. The molecule has 0 radical (unpaired) electrons. The van der Waals surface area contributed by atoms with E-state index in [4.69, 9.17) is 16.6 Å². The summed E-state index contributed by atoms with van der Waals surface area (Å²) in [6.45, 7) is 2.05. The van der Waals surface area contributed by atoms with Gasteiger partial charge in [-0.3, -0.25) is 9.20 Å². The second kappa shape index (κ2) is 11.0. The largest absolute Gasteiger partial charge is 0.353 e. The lowest BCUT2D eigenvalue weighted by molar-refractivity contribution is -0.119. The van der Waals surface area contributed by atoms with Crippen LogP contribution in [0.1, 0.15) is 42.2 Å². The number of nitrogens with zero attached hydrogens (tertiary/aromatic N) is 4. The first-order chi connectivity index (χ1) is 18.6. The molecule has 0 fully saturated rings. The predicted octanol–water partition coefficient (Wildman–Crippen LogP) is 6.77. The van der Waals surface area contributed by atoms with E-state index in [9.17, 15) is 4.79 Å². The van der Waals surface area contributed by atoms with Gasteiger partial charge in [0.25, 0.3) is 0 Å². The Balaban J connectivity index is 1.28. The Hall–Kier alpha value is -2.94. The van der Waals surface area contributed by atoms with Crippen LogP contribution in [0.25, 0.3) is 27.3 Å². The van der Waals surface area contributed by atoms with Gasteiger partial charge in [-0.1, -0.05) is 65.8 Å². The van der Waals surface area contributed by atoms with Crippen LogP contribution in [0.15, 0.2) is 59.8 Å². The molecular formula is C29H28ClN5OS2. The van der Waals surface area contributed by atoms with Gasteiger partial charge in [-0.2, -0.15) is 0 Å². The van der Waals surface area contributed by atoms with Crippen LogP contribution in [0.3, 0.4) is 0 Å². The number of thioether (sulfide) groups is 1. The van der Waals surface area contributed by atoms with Gasteiger partial charge in [-0.25, -0.2) is 4.98 Å². The molecule has 0 spiro atoms. The zero-order valence-electron chi connectivity index (χ0n) is 21.1. The van der Waals surface area contributed by atoms with Gasteiger partial charge in [0.2, 0.25) is 5.91 Å². The fourth-order valence-electron chi connectivity index (χ4n) is 5.09. The normalized spacial score (nSPS) is 14.1. The number of carbonyl (C=O) groups excluding carboxylic acids is 1. The van der Waals surface area contributed by atoms with Crippen LogP contribution in [0.5, 0.6) is 0 Å². The summed E-state index contributed by atoms with van der Waals surface area (Å²) in [5, 5.41) is 14.7. The van der Waals surface area contributed by atoms with E-state index in [-0.39, 0.29) is 17.7 Å². The van der Waals surface area contributed by atoms with E-state index in [1.165, 1.54) is 40.6 Å². The summed E-state index contributed by atoms with van der Waals surface area (Å²) in [5.41, 5.74) is 4.25. The van der Waals surface area contributed by atoms with E-state index >= 15 is 0 Å². The third kappa shape index (κ3) is 5.05. The molecule has 194 valence electrons.